The van der Waals surface area contributed by atoms with Gasteiger partial charge >= 0.3 is 0 Å². The van der Waals surface area contributed by atoms with Gasteiger partial charge in [-0.1, -0.05) is 6.07 Å². The van der Waals surface area contributed by atoms with Crippen LogP contribution in [0.15, 0.2) is 23.6 Å². The van der Waals surface area contributed by atoms with Crippen molar-refractivity contribution in [2.75, 3.05) is 54.8 Å². The van der Waals surface area contributed by atoms with E-state index in [-0.39, 0.29) is 0 Å². The fourth-order valence-electron chi connectivity index (χ4n) is 2.72. The molecule has 9 heteroatoms. The number of rotatable bonds is 4. The van der Waals surface area contributed by atoms with Gasteiger partial charge in [0, 0.05) is 37.1 Å². The highest BCUT2D eigenvalue weighted by Crippen LogP contribution is 2.33. The first-order chi connectivity index (χ1) is 11.3. The van der Waals surface area contributed by atoms with Gasteiger partial charge in [0.1, 0.15) is 0 Å². The molecule has 0 aliphatic carbocycles. The predicted molar refractivity (Wildman–Crippen MR) is 100 cm³/mol. The second-order valence-corrected chi connectivity index (χ2v) is 8.61. The molecule has 0 atom stereocenters. The summed E-state index contributed by atoms with van der Waals surface area (Å²) in [7, 11) is -1.29. The maximum atomic E-state index is 11.8. The van der Waals surface area contributed by atoms with E-state index in [1.165, 1.54) is 11.3 Å². The quantitative estimate of drug-likeness (QED) is 0.851. The van der Waals surface area contributed by atoms with Crippen molar-refractivity contribution in [3.63, 3.8) is 0 Å². The van der Waals surface area contributed by atoms with Crippen LogP contribution in [0, 0.1) is 0 Å². The number of anilines is 3. The lowest BCUT2D eigenvalue weighted by molar-refractivity contribution is 0.313. The third kappa shape index (κ3) is 3.97. The van der Waals surface area contributed by atoms with Crippen LogP contribution < -0.4 is 15.4 Å². The zero-order valence-corrected chi connectivity index (χ0v) is 15.3. The van der Waals surface area contributed by atoms with Crippen molar-refractivity contribution in [3.8, 4) is 11.3 Å². The molecule has 1 aromatic heterocycles. The van der Waals surface area contributed by atoms with Crippen molar-refractivity contribution in [3.05, 3.63) is 23.6 Å². The van der Waals surface area contributed by atoms with Gasteiger partial charge in [-0.3, -0.25) is 4.72 Å². The van der Waals surface area contributed by atoms with E-state index < -0.39 is 10.0 Å². The van der Waals surface area contributed by atoms with Gasteiger partial charge in [0.15, 0.2) is 5.13 Å². The molecule has 1 aliphatic heterocycles. The van der Waals surface area contributed by atoms with Crippen molar-refractivity contribution in [2.45, 2.75) is 0 Å². The van der Waals surface area contributed by atoms with Crippen molar-refractivity contribution in [1.82, 2.24) is 9.88 Å². The number of sulfonamides is 1. The maximum absolute atomic E-state index is 11.8. The van der Waals surface area contributed by atoms with Crippen molar-refractivity contribution in [1.29, 1.82) is 0 Å². The van der Waals surface area contributed by atoms with E-state index in [0.717, 1.165) is 49.4 Å². The molecule has 1 saturated heterocycles. The molecule has 3 N–H and O–H groups in total. The number of nitrogens with two attached hydrogens (primary N) is 1. The Morgan fingerprint density at radius 2 is 1.96 bits per heavy atom. The topological polar surface area (TPSA) is 91.6 Å². The molecule has 0 amide bonds. The molecule has 0 bridgehead atoms. The van der Waals surface area contributed by atoms with Crippen molar-refractivity contribution >= 4 is 37.9 Å². The summed E-state index contributed by atoms with van der Waals surface area (Å²) in [6.07, 6.45) is 1.16. The van der Waals surface area contributed by atoms with E-state index in [1.807, 2.05) is 23.6 Å². The van der Waals surface area contributed by atoms with E-state index in [2.05, 4.69) is 26.6 Å². The fourth-order valence-corrected chi connectivity index (χ4v) is 3.86. The Kier molecular flexibility index (Phi) is 4.66. The molecular weight excluding hydrogens is 346 g/mol. The highest BCUT2D eigenvalue weighted by atomic mass is 32.2. The maximum Gasteiger partial charge on any atom is 0.229 e. The summed E-state index contributed by atoms with van der Waals surface area (Å²) in [6, 6.07) is 5.72. The molecule has 1 aromatic carbocycles. The minimum absolute atomic E-state index is 0.491. The molecule has 0 unspecified atom stereocenters. The first-order valence-corrected chi connectivity index (χ1v) is 10.4. The van der Waals surface area contributed by atoms with E-state index in [4.69, 9.17) is 5.73 Å². The Hall–Kier alpha value is -1.84. The Bertz CT molecular complexity index is 826. The normalized spacial score (nSPS) is 16.3. The number of nitrogens with zero attached hydrogens (tertiary/aromatic N) is 3. The second kappa shape index (κ2) is 6.58. The standard InChI is InChI=1S/C15H21N5O2S2/c1-19-5-7-20(8-6-19)14-4-3-11(13-10-23-15(16)17-13)9-12(14)18-24(2,21)22/h3-4,9-10,18H,5-8H2,1-2H3,(H2,16,17). The lowest BCUT2D eigenvalue weighted by Gasteiger charge is -2.35. The van der Waals surface area contributed by atoms with E-state index in [1.54, 1.807) is 0 Å². The minimum atomic E-state index is -3.37. The number of nitrogens with one attached hydrogen (secondary N) is 1. The van der Waals surface area contributed by atoms with Gasteiger partial charge < -0.3 is 15.5 Å². The van der Waals surface area contributed by atoms with Crippen LogP contribution in [0.1, 0.15) is 0 Å². The average Bonchev–Trinajstić information content (AvgIpc) is 2.93. The van der Waals surface area contributed by atoms with E-state index in [9.17, 15) is 8.42 Å². The summed E-state index contributed by atoms with van der Waals surface area (Å²) >= 11 is 1.36. The molecule has 130 valence electrons. The smallest absolute Gasteiger partial charge is 0.229 e. The van der Waals surface area contributed by atoms with Crippen LogP contribution in [0.3, 0.4) is 0 Å². The van der Waals surface area contributed by atoms with E-state index in [0.29, 0.717) is 10.8 Å². The summed E-state index contributed by atoms with van der Waals surface area (Å²) in [6.45, 7) is 3.61. The molecule has 1 aliphatic rings. The lowest BCUT2D eigenvalue weighted by Crippen LogP contribution is -2.44. The van der Waals surface area contributed by atoms with Gasteiger partial charge in [-0.25, -0.2) is 13.4 Å². The monoisotopic (exact) mass is 367 g/mol. The molecule has 3 rings (SSSR count). The van der Waals surface area contributed by atoms with Crippen LogP contribution in [0.5, 0.6) is 0 Å². The van der Waals surface area contributed by atoms with Crippen LogP contribution >= 0.6 is 11.3 Å². The number of aromatic nitrogens is 1. The van der Waals surface area contributed by atoms with Gasteiger partial charge in [0.05, 0.1) is 23.3 Å². The summed E-state index contributed by atoms with van der Waals surface area (Å²) in [4.78, 5) is 8.73. The number of hydrogen-bond acceptors (Lipinski definition) is 7. The first-order valence-electron chi connectivity index (χ1n) is 7.58. The Morgan fingerprint density at radius 1 is 1.25 bits per heavy atom. The van der Waals surface area contributed by atoms with Crippen LogP contribution in [0.4, 0.5) is 16.5 Å². The third-order valence-corrected chi connectivity index (χ3v) is 5.22. The number of nitrogen functional groups attached to an aromatic ring is 1. The summed E-state index contributed by atoms with van der Waals surface area (Å²) in [5.74, 6) is 0. The van der Waals surface area contributed by atoms with Crippen molar-refractivity contribution in [2.24, 2.45) is 0 Å². The van der Waals surface area contributed by atoms with Crippen LogP contribution in [0.2, 0.25) is 0 Å². The largest absolute Gasteiger partial charge is 0.375 e. The molecule has 0 radical (unpaired) electrons. The van der Waals surface area contributed by atoms with Crippen LogP contribution in [0.25, 0.3) is 11.3 Å². The highest BCUT2D eigenvalue weighted by molar-refractivity contribution is 7.92. The summed E-state index contributed by atoms with van der Waals surface area (Å²) < 4.78 is 26.2. The van der Waals surface area contributed by atoms with Gasteiger partial charge in [0.2, 0.25) is 10.0 Å². The highest BCUT2D eigenvalue weighted by Gasteiger charge is 2.19. The Labute approximate surface area is 146 Å². The number of benzene rings is 1. The number of hydrogen-bond donors (Lipinski definition) is 2. The molecule has 2 heterocycles. The Morgan fingerprint density at radius 3 is 2.54 bits per heavy atom. The zero-order valence-electron chi connectivity index (χ0n) is 13.7. The van der Waals surface area contributed by atoms with Crippen molar-refractivity contribution < 1.29 is 8.42 Å². The predicted octanol–water partition coefficient (Wildman–Crippen LogP) is 1.52. The van der Waals surface area contributed by atoms with Crippen LogP contribution in [-0.2, 0) is 10.0 Å². The average molecular weight is 368 g/mol. The summed E-state index contributed by atoms with van der Waals surface area (Å²) in [5.41, 5.74) is 8.75. The van der Waals surface area contributed by atoms with Gasteiger partial charge in [-0.15, -0.1) is 11.3 Å². The van der Waals surface area contributed by atoms with Gasteiger partial charge in [-0.2, -0.15) is 0 Å². The minimum Gasteiger partial charge on any atom is -0.375 e. The molecule has 0 spiro atoms. The molecular formula is C15H21N5O2S2. The van der Waals surface area contributed by atoms with Gasteiger partial charge in [-0.05, 0) is 19.2 Å². The first kappa shape index (κ1) is 17.0. The van der Waals surface area contributed by atoms with Crippen LogP contribution in [-0.4, -0.2) is 57.8 Å². The molecule has 7 nitrogen and oxygen atoms in total. The lowest BCUT2D eigenvalue weighted by atomic mass is 10.1. The molecule has 1 fully saturated rings. The van der Waals surface area contributed by atoms with Gasteiger partial charge in [0.25, 0.3) is 0 Å². The number of likely N-dealkylation sites (N-methyl/N-ethyl adjacent to an activating group) is 1. The summed E-state index contributed by atoms with van der Waals surface area (Å²) in [5, 5.41) is 2.36. The fraction of sp³-hybridized carbons (Fsp3) is 0.400. The third-order valence-electron chi connectivity index (χ3n) is 3.95. The second-order valence-electron chi connectivity index (χ2n) is 5.97. The molecule has 0 saturated carbocycles. The number of piperazine rings is 1. The SMILES string of the molecule is CN1CCN(c2ccc(-c3csc(N)n3)cc2NS(C)(=O)=O)CC1. The van der Waals surface area contributed by atoms with E-state index >= 15 is 0 Å². The molecule has 2 aromatic rings. The zero-order chi connectivity index (χ0) is 17.3. The number of thiazole rings is 1. The molecule has 24 heavy (non-hydrogen) atoms. The Balaban J connectivity index is 1.98.